The van der Waals surface area contributed by atoms with Crippen molar-refractivity contribution >= 4 is 0 Å². The molecular formula is C8H8FNO2. The van der Waals surface area contributed by atoms with Crippen LogP contribution in [-0.4, -0.2) is 12.8 Å². The Morgan fingerprint density at radius 3 is 2.83 bits per heavy atom. The van der Waals surface area contributed by atoms with Gasteiger partial charge in [0, 0.05) is 6.07 Å². The maximum Gasteiger partial charge on any atom is 0.253 e. The fourth-order valence-corrected chi connectivity index (χ4v) is 1.07. The highest BCUT2D eigenvalue weighted by Gasteiger charge is 2.22. The van der Waals surface area contributed by atoms with Crippen molar-refractivity contribution in [2.24, 2.45) is 5.73 Å². The topological polar surface area (TPSA) is 44.5 Å². The SMILES string of the molecule is NCC1Oc2ccc(F)cc2O1. The van der Waals surface area contributed by atoms with Gasteiger partial charge in [-0.3, -0.25) is 0 Å². The first-order valence-electron chi connectivity index (χ1n) is 3.62. The molecule has 0 bridgehead atoms. The number of hydrogen-bond donors (Lipinski definition) is 1. The molecular weight excluding hydrogens is 161 g/mol. The molecule has 0 radical (unpaired) electrons. The number of nitrogens with two attached hydrogens (primary N) is 1. The van der Waals surface area contributed by atoms with Crippen molar-refractivity contribution in [1.29, 1.82) is 0 Å². The Bertz CT molecular complexity index is 303. The van der Waals surface area contributed by atoms with Crippen molar-refractivity contribution < 1.29 is 13.9 Å². The Morgan fingerprint density at radius 1 is 1.33 bits per heavy atom. The van der Waals surface area contributed by atoms with E-state index >= 15 is 0 Å². The van der Waals surface area contributed by atoms with Gasteiger partial charge in [0.1, 0.15) is 5.82 Å². The standard InChI is InChI=1S/C8H8FNO2/c9-5-1-2-6-7(3-5)12-8(4-10)11-6/h1-3,8H,4,10H2. The van der Waals surface area contributed by atoms with E-state index in [1.54, 1.807) is 0 Å². The molecule has 2 N–H and O–H groups in total. The number of halogens is 1. The molecule has 1 aliphatic heterocycles. The van der Waals surface area contributed by atoms with Gasteiger partial charge in [0.2, 0.25) is 0 Å². The molecule has 1 unspecified atom stereocenters. The van der Waals surface area contributed by atoms with Gasteiger partial charge in [0.25, 0.3) is 6.29 Å². The minimum Gasteiger partial charge on any atom is -0.450 e. The van der Waals surface area contributed by atoms with Gasteiger partial charge >= 0.3 is 0 Å². The molecule has 1 heterocycles. The average molecular weight is 169 g/mol. The van der Waals surface area contributed by atoms with Gasteiger partial charge in [-0.25, -0.2) is 4.39 Å². The van der Waals surface area contributed by atoms with Gasteiger partial charge in [-0.05, 0) is 12.1 Å². The molecule has 0 spiro atoms. The minimum absolute atomic E-state index is 0.260. The Kier molecular flexibility index (Phi) is 1.62. The van der Waals surface area contributed by atoms with E-state index in [1.807, 2.05) is 0 Å². The molecule has 1 aliphatic rings. The maximum atomic E-state index is 12.6. The maximum absolute atomic E-state index is 12.6. The third kappa shape index (κ3) is 1.10. The first kappa shape index (κ1) is 7.36. The lowest BCUT2D eigenvalue weighted by Gasteiger charge is -2.04. The van der Waals surface area contributed by atoms with Crippen LogP contribution in [0.2, 0.25) is 0 Å². The van der Waals surface area contributed by atoms with Crippen molar-refractivity contribution in [2.75, 3.05) is 6.54 Å². The van der Waals surface area contributed by atoms with Crippen LogP contribution in [0.1, 0.15) is 0 Å². The van der Waals surface area contributed by atoms with Crippen LogP contribution in [0.25, 0.3) is 0 Å². The zero-order valence-electron chi connectivity index (χ0n) is 6.29. The van der Waals surface area contributed by atoms with Crippen molar-refractivity contribution in [3.63, 3.8) is 0 Å². The highest BCUT2D eigenvalue weighted by Crippen LogP contribution is 2.34. The summed E-state index contributed by atoms with van der Waals surface area (Å²) in [5, 5.41) is 0. The normalized spacial score (nSPS) is 19.7. The monoisotopic (exact) mass is 169 g/mol. The largest absolute Gasteiger partial charge is 0.450 e. The van der Waals surface area contributed by atoms with Gasteiger partial charge in [0.15, 0.2) is 11.5 Å². The molecule has 12 heavy (non-hydrogen) atoms. The van der Waals surface area contributed by atoms with Crippen LogP contribution >= 0.6 is 0 Å². The summed E-state index contributed by atoms with van der Waals surface area (Å²) in [4.78, 5) is 0. The van der Waals surface area contributed by atoms with Crippen LogP contribution in [0.3, 0.4) is 0 Å². The number of benzene rings is 1. The van der Waals surface area contributed by atoms with Gasteiger partial charge in [-0.1, -0.05) is 0 Å². The number of hydrogen-bond acceptors (Lipinski definition) is 3. The number of rotatable bonds is 1. The second-order valence-corrected chi connectivity index (χ2v) is 2.49. The Labute approximate surface area is 68.9 Å². The van der Waals surface area contributed by atoms with Crippen molar-refractivity contribution in [1.82, 2.24) is 0 Å². The summed E-state index contributed by atoms with van der Waals surface area (Å²) < 4.78 is 23.0. The predicted octanol–water partition coefficient (Wildman–Crippen LogP) is 0.882. The van der Waals surface area contributed by atoms with Gasteiger partial charge in [-0.2, -0.15) is 0 Å². The van der Waals surface area contributed by atoms with Crippen LogP contribution in [0.5, 0.6) is 11.5 Å². The van der Waals surface area contributed by atoms with Crippen molar-refractivity contribution in [3.05, 3.63) is 24.0 Å². The van der Waals surface area contributed by atoms with Crippen molar-refractivity contribution in [2.45, 2.75) is 6.29 Å². The fourth-order valence-electron chi connectivity index (χ4n) is 1.07. The highest BCUT2D eigenvalue weighted by atomic mass is 19.1. The molecule has 0 amide bonds. The smallest absolute Gasteiger partial charge is 0.253 e. The molecule has 1 atom stereocenters. The minimum atomic E-state index is -0.471. The second-order valence-electron chi connectivity index (χ2n) is 2.49. The molecule has 64 valence electrons. The molecule has 1 aromatic rings. The first-order valence-corrected chi connectivity index (χ1v) is 3.62. The molecule has 0 aliphatic carbocycles. The molecule has 0 aromatic heterocycles. The predicted molar refractivity (Wildman–Crippen MR) is 40.5 cm³/mol. The van der Waals surface area contributed by atoms with Crippen molar-refractivity contribution in [3.8, 4) is 11.5 Å². The van der Waals surface area contributed by atoms with Crippen LogP contribution in [0, 0.1) is 5.82 Å². The lowest BCUT2D eigenvalue weighted by Crippen LogP contribution is -2.27. The molecule has 0 fully saturated rings. The molecule has 0 saturated carbocycles. The van der Waals surface area contributed by atoms with E-state index in [4.69, 9.17) is 15.2 Å². The summed E-state index contributed by atoms with van der Waals surface area (Å²) >= 11 is 0. The summed E-state index contributed by atoms with van der Waals surface area (Å²) in [7, 11) is 0. The van der Waals surface area contributed by atoms with Crippen LogP contribution < -0.4 is 15.2 Å². The van der Waals surface area contributed by atoms with E-state index in [0.717, 1.165) is 0 Å². The van der Waals surface area contributed by atoms with Crippen LogP contribution in [0.4, 0.5) is 4.39 Å². The third-order valence-corrected chi connectivity index (χ3v) is 1.62. The average Bonchev–Trinajstić information content (AvgIpc) is 2.46. The number of ether oxygens (including phenoxy) is 2. The van der Waals surface area contributed by atoms with Gasteiger partial charge < -0.3 is 15.2 Å². The molecule has 3 nitrogen and oxygen atoms in total. The van der Waals surface area contributed by atoms with Gasteiger partial charge in [-0.15, -0.1) is 0 Å². The molecule has 0 saturated heterocycles. The highest BCUT2D eigenvalue weighted by molar-refractivity contribution is 5.42. The Morgan fingerprint density at radius 2 is 2.08 bits per heavy atom. The van der Waals surface area contributed by atoms with Gasteiger partial charge in [0.05, 0.1) is 6.54 Å². The second kappa shape index (κ2) is 2.64. The molecule has 1 aromatic carbocycles. The van der Waals surface area contributed by atoms with Crippen LogP contribution in [0.15, 0.2) is 18.2 Å². The summed E-state index contributed by atoms with van der Waals surface area (Å²) in [5.41, 5.74) is 5.31. The van der Waals surface area contributed by atoms with E-state index in [9.17, 15) is 4.39 Å². The lowest BCUT2D eigenvalue weighted by atomic mass is 10.3. The zero-order chi connectivity index (χ0) is 8.55. The fraction of sp³-hybridized carbons (Fsp3) is 0.250. The Balaban J connectivity index is 2.30. The lowest BCUT2D eigenvalue weighted by molar-refractivity contribution is 0.0580. The summed E-state index contributed by atoms with van der Waals surface area (Å²) in [6.07, 6.45) is -0.471. The van der Waals surface area contributed by atoms with E-state index in [1.165, 1.54) is 18.2 Å². The summed E-state index contributed by atoms with van der Waals surface area (Å²) in [5.74, 6) is 0.632. The van der Waals surface area contributed by atoms with E-state index in [-0.39, 0.29) is 12.4 Å². The number of fused-ring (bicyclic) bond motifs is 1. The molecule has 2 rings (SSSR count). The van der Waals surface area contributed by atoms with E-state index in [0.29, 0.717) is 11.5 Å². The summed E-state index contributed by atoms with van der Waals surface area (Å²) in [6, 6.07) is 4.13. The van der Waals surface area contributed by atoms with E-state index < -0.39 is 6.29 Å². The van der Waals surface area contributed by atoms with E-state index in [2.05, 4.69) is 0 Å². The first-order chi connectivity index (χ1) is 5.79. The van der Waals surface area contributed by atoms with Crippen LogP contribution in [-0.2, 0) is 0 Å². The quantitative estimate of drug-likeness (QED) is 0.678. The third-order valence-electron chi connectivity index (χ3n) is 1.62. The summed E-state index contributed by atoms with van der Waals surface area (Å²) in [6.45, 7) is 0.260. The molecule has 4 heteroatoms. The zero-order valence-corrected chi connectivity index (χ0v) is 6.29. The Hall–Kier alpha value is -1.29.